The molecular formula is C20H19F3N4O2S. The topological polar surface area (TPSA) is 71.9 Å². The second kappa shape index (κ2) is 9.12. The number of alkyl halides is 3. The van der Waals surface area contributed by atoms with Crippen molar-refractivity contribution in [2.24, 2.45) is 0 Å². The molecule has 0 bridgehead atoms. The number of aromatic amines is 1. The molecule has 0 fully saturated rings. The Morgan fingerprint density at radius 2 is 1.97 bits per heavy atom. The molecule has 0 atom stereocenters. The van der Waals surface area contributed by atoms with E-state index in [1.54, 1.807) is 16.7 Å². The Hall–Kier alpha value is -3.14. The minimum absolute atomic E-state index is 0.0224. The van der Waals surface area contributed by atoms with Gasteiger partial charge in [0.2, 0.25) is 5.91 Å². The number of H-pyrrole nitrogens is 1. The Bertz CT molecular complexity index is 1070. The molecule has 3 rings (SSSR count). The van der Waals surface area contributed by atoms with Crippen LogP contribution < -0.4 is 10.1 Å². The highest BCUT2D eigenvalue weighted by Gasteiger charge is 2.28. The van der Waals surface area contributed by atoms with Gasteiger partial charge in [-0.15, -0.1) is 0 Å². The van der Waals surface area contributed by atoms with Crippen LogP contribution in [0.5, 0.6) is 5.75 Å². The van der Waals surface area contributed by atoms with Crippen LogP contribution in [0.4, 0.5) is 13.2 Å². The quantitative estimate of drug-likeness (QED) is 0.546. The molecule has 1 heterocycles. The van der Waals surface area contributed by atoms with Crippen LogP contribution in [-0.4, -0.2) is 33.5 Å². The standard InChI is InChI=1S/C20H19F3N4O2S/c1-13-3-2-4-15(9-13)18-25-26-19(30)27(18)11-17(28)24-10-14-5-7-16(8-6-14)29-12-20(21,22)23/h2-9H,10-12H2,1H3,(H,24,28)(H,26,30). The second-order valence-corrected chi connectivity index (χ2v) is 7.02. The smallest absolute Gasteiger partial charge is 0.422 e. The van der Waals surface area contributed by atoms with Gasteiger partial charge >= 0.3 is 6.18 Å². The zero-order chi connectivity index (χ0) is 21.7. The monoisotopic (exact) mass is 436 g/mol. The molecule has 1 amide bonds. The molecule has 158 valence electrons. The summed E-state index contributed by atoms with van der Waals surface area (Å²) in [5.41, 5.74) is 2.61. The van der Waals surface area contributed by atoms with Gasteiger partial charge < -0.3 is 10.1 Å². The van der Waals surface area contributed by atoms with Crippen LogP contribution >= 0.6 is 12.2 Å². The molecule has 30 heavy (non-hydrogen) atoms. The molecule has 0 radical (unpaired) electrons. The number of aryl methyl sites for hydroxylation is 1. The van der Waals surface area contributed by atoms with E-state index in [1.807, 2.05) is 31.2 Å². The average molecular weight is 436 g/mol. The molecule has 2 aromatic carbocycles. The fourth-order valence-corrected chi connectivity index (χ4v) is 2.93. The summed E-state index contributed by atoms with van der Waals surface area (Å²) in [4.78, 5) is 12.4. The van der Waals surface area contributed by atoms with Crippen LogP contribution in [0.15, 0.2) is 48.5 Å². The fraction of sp³-hybridized carbons (Fsp3) is 0.250. The van der Waals surface area contributed by atoms with Crippen molar-refractivity contribution in [1.82, 2.24) is 20.1 Å². The van der Waals surface area contributed by atoms with Crippen molar-refractivity contribution in [3.63, 3.8) is 0 Å². The zero-order valence-electron chi connectivity index (χ0n) is 16.0. The summed E-state index contributed by atoms with van der Waals surface area (Å²) in [6.07, 6.45) is -4.39. The third-order valence-corrected chi connectivity index (χ3v) is 4.46. The van der Waals surface area contributed by atoms with Gasteiger partial charge in [-0.05, 0) is 42.9 Å². The Morgan fingerprint density at radius 3 is 2.63 bits per heavy atom. The lowest BCUT2D eigenvalue weighted by molar-refractivity contribution is -0.153. The molecule has 0 saturated carbocycles. The van der Waals surface area contributed by atoms with Gasteiger partial charge in [0, 0.05) is 12.1 Å². The number of ether oxygens (including phenoxy) is 1. The average Bonchev–Trinajstić information content (AvgIpc) is 3.05. The van der Waals surface area contributed by atoms with Crippen molar-refractivity contribution in [3.8, 4) is 17.1 Å². The van der Waals surface area contributed by atoms with Gasteiger partial charge in [0.1, 0.15) is 12.3 Å². The molecule has 3 aromatic rings. The van der Waals surface area contributed by atoms with E-state index in [4.69, 9.17) is 12.2 Å². The summed E-state index contributed by atoms with van der Waals surface area (Å²) in [5.74, 6) is 0.388. The molecule has 0 spiro atoms. The number of carbonyl (C=O) groups excluding carboxylic acids is 1. The molecule has 0 saturated heterocycles. The molecule has 6 nitrogen and oxygen atoms in total. The van der Waals surface area contributed by atoms with Gasteiger partial charge in [-0.1, -0.05) is 35.9 Å². The summed E-state index contributed by atoms with van der Waals surface area (Å²) in [7, 11) is 0. The fourth-order valence-electron chi connectivity index (χ4n) is 2.74. The number of nitrogens with zero attached hydrogens (tertiary/aromatic N) is 2. The lowest BCUT2D eigenvalue weighted by Gasteiger charge is -2.11. The summed E-state index contributed by atoms with van der Waals surface area (Å²) in [6, 6.07) is 13.7. The third kappa shape index (κ3) is 5.93. The van der Waals surface area contributed by atoms with E-state index in [2.05, 4.69) is 20.3 Å². The molecule has 0 unspecified atom stereocenters. The van der Waals surface area contributed by atoms with Crippen molar-refractivity contribution in [3.05, 3.63) is 64.4 Å². The van der Waals surface area contributed by atoms with Gasteiger partial charge in [-0.2, -0.15) is 18.3 Å². The summed E-state index contributed by atoms with van der Waals surface area (Å²) in [6.45, 7) is 0.799. The van der Waals surface area contributed by atoms with Gasteiger partial charge in [-0.25, -0.2) is 0 Å². The molecule has 0 aliphatic heterocycles. The largest absolute Gasteiger partial charge is 0.484 e. The van der Waals surface area contributed by atoms with Crippen LogP contribution in [0, 0.1) is 11.7 Å². The minimum Gasteiger partial charge on any atom is -0.484 e. The number of hydrogen-bond acceptors (Lipinski definition) is 4. The zero-order valence-corrected chi connectivity index (χ0v) is 16.8. The molecule has 2 N–H and O–H groups in total. The maximum atomic E-state index is 12.4. The lowest BCUT2D eigenvalue weighted by atomic mass is 10.1. The summed E-state index contributed by atoms with van der Waals surface area (Å²) in [5, 5.41) is 9.68. The highest BCUT2D eigenvalue weighted by Crippen LogP contribution is 2.20. The second-order valence-electron chi connectivity index (χ2n) is 6.63. The first-order valence-corrected chi connectivity index (χ1v) is 9.39. The summed E-state index contributed by atoms with van der Waals surface area (Å²) < 4.78 is 43.1. The Balaban J connectivity index is 1.59. The highest BCUT2D eigenvalue weighted by molar-refractivity contribution is 7.71. The Labute approximate surface area is 175 Å². The number of nitrogens with one attached hydrogen (secondary N) is 2. The first-order chi connectivity index (χ1) is 14.2. The van der Waals surface area contributed by atoms with Crippen LogP contribution in [0.2, 0.25) is 0 Å². The van der Waals surface area contributed by atoms with Crippen molar-refractivity contribution >= 4 is 18.1 Å². The minimum atomic E-state index is -4.39. The van der Waals surface area contributed by atoms with Crippen LogP contribution in [-0.2, 0) is 17.9 Å². The first-order valence-electron chi connectivity index (χ1n) is 8.99. The third-order valence-electron chi connectivity index (χ3n) is 4.15. The number of amides is 1. The van der Waals surface area contributed by atoms with Gasteiger partial charge in [0.15, 0.2) is 17.2 Å². The SMILES string of the molecule is Cc1cccc(-c2n[nH]c(=S)n2CC(=O)NCc2ccc(OCC(F)(F)F)cc2)c1. The van der Waals surface area contributed by atoms with Gasteiger partial charge in [0.25, 0.3) is 0 Å². The van der Waals surface area contributed by atoms with Crippen molar-refractivity contribution in [1.29, 1.82) is 0 Å². The summed E-state index contributed by atoms with van der Waals surface area (Å²) >= 11 is 5.24. The van der Waals surface area contributed by atoms with Crippen molar-refractivity contribution < 1.29 is 22.7 Å². The Morgan fingerprint density at radius 1 is 1.23 bits per heavy atom. The molecule has 0 aliphatic rings. The van der Waals surface area contributed by atoms with E-state index >= 15 is 0 Å². The number of benzene rings is 2. The van der Waals surface area contributed by atoms with Crippen LogP contribution in [0.3, 0.4) is 0 Å². The first kappa shape index (κ1) is 21.6. The maximum Gasteiger partial charge on any atom is 0.422 e. The number of halogens is 3. The van der Waals surface area contributed by atoms with E-state index in [1.165, 1.54) is 12.1 Å². The number of carbonyl (C=O) groups is 1. The van der Waals surface area contributed by atoms with E-state index in [-0.39, 0.29) is 24.7 Å². The predicted molar refractivity (Wildman–Crippen MR) is 107 cm³/mol. The van der Waals surface area contributed by atoms with Crippen molar-refractivity contribution in [2.45, 2.75) is 26.2 Å². The highest BCUT2D eigenvalue weighted by atomic mass is 32.1. The normalized spacial score (nSPS) is 11.3. The number of rotatable bonds is 7. The lowest BCUT2D eigenvalue weighted by Crippen LogP contribution is -2.27. The molecule has 0 aliphatic carbocycles. The van der Waals surface area contributed by atoms with E-state index < -0.39 is 12.8 Å². The van der Waals surface area contributed by atoms with Crippen molar-refractivity contribution in [2.75, 3.05) is 6.61 Å². The molecule has 10 heteroatoms. The van der Waals surface area contributed by atoms with Crippen LogP contribution in [0.1, 0.15) is 11.1 Å². The number of hydrogen-bond donors (Lipinski definition) is 2. The Kier molecular flexibility index (Phi) is 6.56. The van der Waals surface area contributed by atoms with E-state index in [0.717, 1.165) is 16.7 Å². The maximum absolute atomic E-state index is 12.4. The van der Waals surface area contributed by atoms with Gasteiger partial charge in [-0.3, -0.25) is 14.5 Å². The molecular weight excluding hydrogens is 417 g/mol. The predicted octanol–water partition coefficient (Wildman–Crippen LogP) is 4.17. The van der Waals surface area contributed by atoms with Gasteiger partial charge in [0.05, 0.1) is 0 Å². The van der Waals surface area contributed by atoms with E-state index in [0.29, 0.717) is 10.6 Å². The molecule has 1 aromatic heterocycles. The van der Waals surface area contributed by atoms with E-state index in [9.17, 15) is 18.0 Å². The number of aromatic nitrogens is 3. The van der Waals surface area contributed by atoms with Crippen LogP contribution in [0.25, 0.3) is 11.4 Å².